The molecule has 2 N–H and O–H groups in total. The minimum Gasteiger partial charge on any atom is -0.352 e. The molecule has 0 bridgehead atoms. The first-order chi connectivity index (χ1) is 16.5. The van der Waals surface area contributed by atoms with E-state index in [1.54, 1.807) is 30.1 Å². The normalized spacial score (nSPS) is 21.6. The van der Waals surface area contributed by atoms with Gasteiger partial charge in [0.1, 0.15) is 0 Å². The smallest absolute Gasteiger partial charge is 0.240 e. The van der Waals surface area contributed by atoms with Gasteiger partial charge in [-0.3, -0.25) is 9.59 Å². The molecule has 0 atom stereocenters. The summed E-state index contributed by atoms with van der Waals surface area (Å²) in [5.74, 6) is 0.200. The number of anilines is 1. The molecule has 0 radical (unpaired) electrons. The van der Waals surface area contributed by atoms with Crippen molar-refractivity contribution in [2.75, 3.05) is 18.5 Å². The molecule has 7 nitrogen and oxygen atoms in total. The van der Waals surface area contributed by atoms with Gasteiger partial charge in [-0.1, -0.05) is 29.8 Å². The third kappa shape index (κ3) is 5.28. The molecule has 0 aromatic heterocycles. The van der Waals surface area contributed by atoms with Crippen LogP contribution >= 0.6 is 0 Å². The maximum absolute atomic E-state index is 13.0. The second-order valence-electron chi connectivity index (χ2n) is 10.4. The van der Waals surface area contributed by atoms with E-state index in [9.17, 15) is 18.0 Å². The van der Waals surface area contributed by atoms with Crippen molar-refractivity contribution >= 4 is 27.5 Å². The number of sulfonamides is 1. The standard InChI is InChI=1S/C27H35N3O4S/c1-18-5-7-19(8-6-18)16-28-25(31)21-11-9-20(10-12-21)17-29-35(33,34)22-13-14-24-23(15-22)27(2,3)26(32)30(24)4/h5-8,13-15,20-21,29H,9-12,16-17H2,1-4H3,(H,28,31). The maximum Gasteiger partial charge on any atom is 0.240 e. The van der Waals surface area contributed by atoms with E-state index in [1.165, 1.54) is 5.56 Å². The summed E-state index contributed by atoms with van der Waals surface area (Å²) in [6, 6.07) is 13.0. The Balaban J connectivity index is 1.29. The molecule has 2 amide bonds. The number of likely N-dealkylation sites (N-methyl/N-ethyl adjacent to an activating group) is 1. The summed E-state index contributed by atoms with van der Waals surface area (Å²) >= 11 is 0. The Kier molecular flexibility index (Phi) is 7.06. The molecule has 1 saturated carbocycles. The average molecular weight is 498 g/mol. The molecule has 4 rings (SSSR count). The number of benzene rings is 2. The number of nitrogens with one attached hydrogen (secondary N) is 2. The number of amides is 2. The number of hydrogen-bond donors (Lipinski definition) is 2. The Morgan fingerprint density at radius 1 is 1.06 bits per heavy atom. The molecule has 0 unspecified atom stereocenters. The number of hydrogen-bond acceptors (Lipinski definition) is 4. The van der Waals surface area contributed by atoms with Crippen molar-refractivity contribution in [1.29, 1.82) is 0 Å². The van der Waals surface area contributed by atoms with Gasteiger partial charge >= 0.3 is 0 Å². The van der Waals surface area contributed by atoms with Crippen LogP contribution in [0.25, 0.3) is 0 Å². The zero-order valence-electron chi connectivity index (χ0n) is 20.9. The molecule has 8 heteroatoms. The molecule has 2 aliphatic rings. The number of nitrogens with zero attached hydrogens (tertiary/aromatic N) is 1. The molecule has 2 aromatic rings. The van der Waals surface area contributed by atoms with Gasteiger partial charge in [-0.15, -0.1) is 0 Å². The van der Waals surface area contributed by atoms with Crippen LogP contribution < -0.4 is 14.9 Å². The van der Waals surface area contributed by atoms with E-state index in [0.29, 0.717) is 13.1 Å². The van der Waals surface area contributed by atoms with Crippen molar-refractivity contribution < 1.29 is 18.0 Å². The van der Waals surface area contributed by atoms with E-state index < -0.39 is 15.4 Å². The van der Waals surface area contributed by atoms with Gasteiger partial charge in [0, 0.05) is 31.7 Å². The first-order valence-electron chi connectivity index (χ1n) is 12.2. The number of carbonyl (C=O) groups is 2. The van der Waals surface area contributed by atoms with E-state index in [1.807, 2.05) is 45.0 Å². The molecule has 35 heavy (non-hydrogen) atoms. The van der Waals surface area contributed by atoms with Crippen LogP contribution in [0.4, 0.5) is 5.69 Å². The topological polar surface area (TPSA) is 95.6 Å². The van der Waals surface area contributed by atoms with Gasteiger partial charge in [0.2, 0.25) is 21.8 Å². The van der Waals surface area contributed by atoms with Gasteiger partial charge < -0.3 is 10.2 Å². The van der Waals surface area contributed by atoms with E-state index in [4.69, 9.17) is 0 Å². The van der Waals surface area contributed by atoms with Gasteiger partial charge in [-0.05, 0) is 81.7 Å². The molecule has 1 aliphatic carbocycles. The zero-order valence-corrected chi connectivity index (χ0v) is 21.7. The van der Waals surface area contributed by atoms with Crippen LogP contribution in [0.2, 0.25) is 0 Å². The SMILES string of the molecule is Cc1ccc(CNC(=O)C2CCC(CNS(=O)(=O)c3ccc4c(c3)C(C)(C)C(=O)N4C)CC2)cc1. The highest BCUT2D eigenvalue weighted by Crippen LogP contribution is 2.41. The van der Waals surface area contributed by atoms with Gasteiger partial charge in [0.05, 0.1) is 10.3 Å². The predicted octanol–water partition coefficient (Wildman–Crippen LogP) is 3.65. The third-order valence-corrected chi connectivity index (χ3v) is 8.94. The van der Waals surface area contributed by atoms with Crippen molar-refractivity contribution in [3.05, 3.63) is 59.2 Å². The Morgan fingerprint density at radius 2 is 1.71 bits per heavy atom. The van der Waals surface area contributed by atoms with Gasteiger partial charge in [-0.2, -0.15) is 0 Å². The Bertz CT molecular complexity index is 1210. The summed E-state index contributed by atoms with van der Waals surface area (Å²) in [6.45, 7) is 6.54. The molecular weight excluding hydrogens is 462 g/mol. The van der Waals surface area contributed by atoms with Crippen molar-refractivity contribution in [3.8, 4) is 0 Å². The Labute approximate surface area is 208 Å². The van der Waals surface area contributed by atoms with Crippen LogP contribution in [-0.2, 0) is 31.6 Å². The number of fused-ring (bicyclic) bond motifs is 1. The minimum atomic E-state index is -3.70. The van der Waals surface area contributed by atoms with Gasteiger partial charge in [0.25, 0.3) is 0 Å². The van der Waals surface area contributed by atoms with E-state index >= 15 is 0 Å². The highest BCUT2D eigenvalue weighted by Gasteiger charge is 2.42. The van der Waals surface area contributed by atoms with Crippen LogP contribution in [0.5, 0.6) is 0 Å². The number of carbonyl (C=O) groups excluding carboxylic acids is 2. The van der Waals surface area contributed by atoms with Crippen molar-refractivity contribution in [2.45, 2.75) is 63.3 Å². The van der Waals surface area contributed by atoms with Crippen LogP contribution in [0.3, 0.4) is 0 Å². The second-order valence-corrected chi connectivity index (χ2v) is 12.2. The van der Waals surface area contributed by atoms with Crippen molar-refractivity contribution in [2.24, 2.45) is 11.8 Å². The van der Waals surface area contributed by atoms with Crippen molar-refractivity contribution in [3.63, 3.8) is 0 Å². The lowest BCUT2D eigenvalue weighted by molar-refractivity contribution is -0.126. The fourth-order valence-corrected chi connectivity index (χ4v) is 6.24. The number of aryl methyl sites for hydroxylation is 1. The van der Waals surface area contributed by atoms with Crippen LogP contribution in [0, 0.1) is 18.8 Å². The molecule has 1 fully saturated rings. The highest BCUT2D eigenvalue weighted by atomic mass is 32.2. The van der Waals surface area contributed by atoms with Crippen LogP contribution in [0.1, 0.15) is 56.2 Å². The van der Waals surface area contributed by atoms with E-state index in [2.05, 4.69) is 10.0 Å². The lowest BCUT2D eigenvalue weighted by Crippen LogP contribution is -2.36. The first-order valence-corrected chi connectivity index (χ1v) is 13.7. The average Bonchev–Trinajstić information content (AvgIpc) is 3.02. The first kappa shape index (κ1) is 25.4. The summed E-state index contributed by atoms with van der Waals surface area (Å²) in [7, 11) is -1.99. The predicted molar refractivity (Wildman–Crippen MR) is 137 cm³/mol. The second kappa shape index (κ2) is 9.74. The highest BCUT2D eigenvalue weighted by molar-refractivity contribution is 7.89. The maximum atomic E-state index is 13.0. The largest absolute Gasteiger partial charge is 0.352 e. The molecule has 1 aliphatic heterocycles. The number of rotatable bonds is 7. The van der Waals surface area contributed by atoms with Crippen molar-refractivity contribution in [1.82, 2.24) is 10.0 Å². The molecule has 2 aromatic carbocycles. The lowest BCUT2D eigenvalue weighted by atomic mass is 9.81. The minimum absolute atomic E-state index is 0.0261. The molecule has 0 saturated heterocycles. The van der Waals surface area contributed by atoms with Crippen LogP contribution in [0.15, 0.2) is 47.4 Å². The van der Waals surface area contributed by atoms with Gasteiger partial charge in [0.15, 0.2) is 0 Å². The van der Waals surface area contributed by atoms with Gasteiger partial charge in [-0.25, -0.2) is 13.1 Å². The fourth-order valence-electron chi connectivity index (χ4n) is 5.10. The molecule has 188 valence electrons. The van der Waals surface area contributed by atoms with E-state index in [-0.39, 0.29) is 28.5 Å². The molecular formula is C27H35N3O4S. The summed E-state index contributed by atoms with van der Waals surface area (Å²) in [5, 5.41) is 3.04. The fraction of sp³-hybridized carbons (Fsp3) is 0.481. The lowest BCUT2D eigenvalue weighted by Gasteiger charge is -2.28. The molecule has 1 heterocycles. The Morgan fingerprint density at radius 3 is 2.37 bits per heavy atom. The third-order valence-electron chi connectivity index (χ3n) is 7.52. The molecule has 0 spiro atoms. The summed E-state index contributed by atoms with van der Waals surface area (Å²) in [4.78, 5) is 26.9. The van der Waals surface area contributed by atoms with Crippen LogP contribution in [-0.4, -0.2) is 33.8 Å². The Hall–Kier alpha value is -2.71. The summed E-state index contributed by atoms with van der Waals surface area (Å²) in [5.41, 5.74) is 2.99. The quantitative estimate of drug-likeness (QED) is 0.610. The summed E-state index contributed by atoms with van der Waals surface area (Å²) in [6.07, 6.45) is 3.13. The summed E-state index contributed by atoms with van der Waals surface area (Å²) < 4.78 is 28.7. The monoisotopic (exact) mass is 497 g/mol. The van der Waals surface area contributed by atoms with E-state index in [0.717, 1.165) is 42.5 Å². The zero-order chi connectivity index (χ0) is 25.4.